The molecule has 6 heteroatoms. The summed E-state index contributed by atoms with van der Waals surface area (Å²) in [6.07, 6.45) is 3.91. The Bertz CT molecular complexity index is 1960. The third-order valence-electron chi connectivity index (χ3n) is 7.83. The summed E-state index contributed by atoms with van der Waals surface area (Å²) in [5.74, 6) is 0. The van der Waals surface area contributed by atoms with Gasteiger partial charge in [0.05, 0.1) is 16.3 Å². The maximum Gasteiger partial charge on any atom is 0.271 e. The van der Waals surface area contributed by atoms with Gasteiger partial charge in [0.25, 0.3) is 5.56 Å². The van der Waals surface area contributed by atoms with E-state index in [4.69, 9.17) is 4.99 Å². The fourth-order valence-electron chi connectivity index (χ4n) is 6.02. The predicted molar refractivity (Wildman–Crippen MR) is 167 cm³/mol. The molecule has 1 aliphatic heterocycles. The minimum absolute atomic E-state index is 0.0251. The van der Waals surface area contributed by atoms with E-state index >= 15 is 0 Å². The zero-order valence-electron chi connectivity index (χ0n) is 21.7. The largest absolute Gasteiger partial charge is 0.318 e. The van der Waals surface area contributed by atoms with E-state index in [0.717, 1.165) is 51.5 Å². The Balaban J connectivity index is 1.43. The van der Waals surface area contributed by atoms with Crippen LogP contribution in [0.2, 0.25) is 0 Å². The first-order valence-electron chi connectivity index (χ1n) is 13.1. The van der Waals surface area contributed by atoms with Crippen LogP contribution in [0.15, 0.2) is 100 Å². The zero-order chi connectivity index (χ0) is 26.7. The third kappa shape index (κ3) is 4.08. The Kier molecular flexibility index (Phi) is 6.05. The van der Waals surface area contributed by atoms with Crippen molar-refractivity contribution in [1.82, 2.24) is 9.13 Å². The van der Waals surface area contributed by atoms with Crippen LogP contribution in [0.25, 0.3) is 17.5 Å². The Labute approximate surface area is 244 Å². The first-order chi connectivity index (χ1) is 19.0. The average Bonchev–Trinajstić information content (AvgIpc) is 3.42. The first kappa shape index (κ1) is 24.5. The molecule has 5 aromatic rings. The summed E-state index contributed by atoms with van der Waals surface area (Å²) < 4.78 is 6.10. The van der Waals surface area contributed by atoms with Crippen LogP contribution in [-0.2, 0) is 6.42 Å². The normalized spacial score (nSPS) is 16.5. The van der Waals surface area contributed by atoms with Gasteiger partial charge in [-0.2, -0.15) is 0 Å². The molecule has 4 nitrogen and oxygen atoms in total. The van der Waals surface area contributed by atoms with E-state index in [0.29, 0.717) is 4.53 Å². The lowest BCUT2D eigenvalue weighted by Crippen LogP contribution is -2.38. The molecule has 0 radical (unpaired) electrons. The van der Waals surface area contributed by atoms with Crippen molar-refractivity contribution in [3.8, 4) is 5.69 Å². The topological polar surface area (TPSA) is 39.3 Å². The highest BCUT2D eigenvalue weighted by Crippen LogP contribution is 2.41. The number of rotatable bonds is 3. The van der Waals surface area contributed by atoms with E-state index in [1.165, 1.54) is 31.6 Å². The molecule has 0 amide bonds. The van der Waals surface area contributed by atoms with Crippen LogP contribution in [-0.4, -0.2) is 9.13 Å². The maximum atomic E-state index is 14.1. The lowest BCUT2D eigenvalue weighted by molar-refractivity contribution is 0.585. The molecule has 0 N–H and O–H groups in total. The zero-order valence-corrected chi connectivity index (χ0v) is 24.7. The second kappa shape index (κ2) is 9.61. The molecular weight excluding hydrogens is 613 g/mol. The number of fused-ring (bicyclic) bond motifs is 3. The summed E-state index contributed by atoms with van der Waals surface area (Å²) in [5.41, 5.74) is 10.4. The van der Waals surface area contributed by atoms with Crippen molar-refractivity contribution in [1.29, 1.82) is 0 Å². The molecule has 1 aliphatic carbocycles. The van der Waals surface area contributed by atoms with E-state index < -0.39 is 0 Å². The molecule has 7 rings (SSSR count). The van der Waals surface area contributed by atoms with Crippen LogP contribution < -0.4 is 14.9 Å². The van der Waals surface area contributed by atoms with Crippen molar-refractivity contribution in [2.75, 3.05) is 0 Å². The summed E-state index contributed by atoms with van der Waals surface area (Å²) in [4.78, 5) is 20.0. The molecule has 1 atom stereocenters. The molecular formula is C33H26IN3OS. The van der Waals surface area contributed by atoms with Crippen molar-refractivity contribution in [3.05, 3.63) is 147 Å². The lowest BCUT2D eigenvalue weighted by atomic mass is 9.83. The minimum atomic E-state index is -0.146. The summed E-state index contributed by atoms with van der Waals surface area (Å²) in [5, 5.41) is 0. The highest BCUT2D eigenvalue weighted by molar-refractivity contribution is 14.1. The van der Waals surface area contributed by atoms with Gasteiger partial charge in [-0.05, 0) is 108 Å². The van der Waals surface area contributed by atoms with E-state index in [-0.39, 0.29) is 11.6 Å². The first-order valence-corrected chi connectivity index (χ1v) is 15.0. The fourth-order valence-corrected chi connectivity index (χ4v) is 7.37. The number of aromatic nitrogens is 2. The number of allylic oxidation sites excluding steroid dienone is 1. The Morgan fingerprint density at radius 2 is 1.69 bits per heavy atom. The summed E-state index contributed by atoms with van der Waals surface area (Å²) >= 11 is 3.82. The summed E-state index contributed by atoms with van der Waals surface area (Å²) in [7, 11) is 0. The number of halogens is 1. The molecule has 2 aliphatic rings. The van der Waals surface area contributed by atoms with Gasteiger partial charge in [-0.3, -0.25) is 9.36 Å². The van der Waals surface area contributed by atoms with Gasteiger partial charge >= 0.3 is 0 Å². The van der Waals surface area contributed by atoms with Crippen LogP contribution >= 0.6 is 33.9 Å². The molecule has 3 heterocycles. The summed E-state index contributed by atoms with van der Waals surface area (Å²) in [6.45, 7) is 4.24. The molecule has 2 aromatic heterocycles. The van der Waals surface area contributed by atoms with E-state index in [2.05, 4.69) is 120 Å². The van der Waals surface area contributed by atoms with Crippen LogP contribution in [0.5, 0.6) is 0 Å². The highest BCUT2D eigenvalue weighted by atomic mass is 127. The van der Waals surface area contributed by atoms with Gasteiger partial charge in [-0.25, -0.2) is 4.99 Å². The molecule has 0 spiro atoms. The highest BCUT2D eigenvalue weighted by Gasteiger charge is 2.32. The number of benzene rings is 3. The van der Waals surface area contributed by atoms with Crippen molar-refractivity contribution < 1.29 is 0 Å². The number of thiazole rings is 1. The van der Waals surface area contributed by atoms with Gasteiger partial charge in [0.1, 0.15) is 0 Å². The van der Waals surface area contributed by atoms with Crippen LogP contribution in [0, 0.1) is 17.4 Å². The quantitative estimate of drug-likeness (QED) is 0.213. The smallest absolute Gasteiger partial charge is 0.271 e. The number of nitrogens with zero attached hydrogens (tertiary/aromatic N) is 3. The van der Waals surface area contributed by atoms with Crippen molar-refractivity contribution in [2.24, 2.45) is 4.99 Å². The van der Waals surface area contributed by atoms with Crippen LogP contribution in [0.3, 0.4) is 0 Å². The van der Waals surface area contributed by atoms with E-state index in [9.17, 15) is 4.79 Å². The van der Waals surface area contributed by atoms with Crippen molar-refractivity contribution in [3.63, 3.8) is 0 Å². The van der Waals surface area contributed by atoms with Crippen LogP contribution in [0.1, 0.15) is 46.1 Å². The van der Waals surface area contributed by atoms with Gasteiger partial charge in [-0.1, -0.05) is 65.9 Å². The van der Waals surface area contributed by atoms with Gasteiger partial charge in [0.15, 0.2) is 4.80 Å². The molecule has 39 heavy (non-hydrogen) atoms. The second-order valence-corrected chi connectivity index (χ2v) is 12.4. The molecule has 0 unspecified atom stereocenters. The van der Waals surface area contributed by atoms with Crippen molar-refractivity contribution in [2.45, 2.75) is 32.7 Å². The molecule has 0 saturated carbocycles. The van der Waals surface area contributed by atoms with Gasteiger partial charge in [-0.15, -0.1) is 0 Å². The molecule has 0 saturated heterocycles. The second-order valence-electron chi connectivity index (χ2n) is 10.2. The number of hydrogen-bond acceptors (Lipinski definition) is 3. The summed E-state index contributed by atoms with van der Waals surface area (Å²) in [6, 6.07) is 29.5. The Morgan fingerprint density at radius 3 is 2.49 bits per heavy atom. The molecule has 192 valence electrons. The number of hydrogen-bond donors (Lipinski definition) is 0. The monoisotopic (exact) mass is 639 g/mol. The van der Waals surface area contributed by atoms with E-state index in [1.807, 2.05) is 16.7 Å². The Hall–Kier alpha value is -3.49. The third-order valence-corrected chi connectivity index (χ3v) is 9.53. The predicted octanol–water partition coefficient (Wildman–Crippen LogP) is 6.33. The van der Waals surface area contributed by atoms with Crippen LogP contribution in [0.4, 0.5) is 0 Å². The van der Waals surface area contributed by atoms with Gasteiger partial charge in [0.2, 0.25) is 0 Å². The molecule has 0 fully saturated rings. The lowest BCUT2D eigenvalue weighted by Gasteiger charge is -2.30. The van der Waals surface area contributed by atoms with Gasteiger partial charge < -0.3 is 4.57 Å². The SMILES string of the molecule is Cc1cc(/C=c2/sc3n(c2=O)[C@@H](c2ccccc2)C2=C(N=3)c3ccccc3CC2)c(C)n1-c1ccc(I)cc1. The number of aryl methyl sites for hydroxylation is 2. The average molecular weight is 640 g/mol. The maximum absolute atomic E-state index is 14.1. The molecule has 3 aromatic carbocycles. The standard InChI is InChI=1S/C33H26IN3OS/c1-20-18-24(21(2)36(20)26-15-13-25(34)14-16-26)19-29-32(38)37-31(23-9-4-3-5-10-23)28-17-12-22-8-6-7-11-27(22)30(28)35-33(37)39-29/h3-11,13-16,18-19,31H,12,17H2,1-2H3/b29-19+/t31-/m0/s1. The van der Waals surface area contributed by atoms with Gasteiger partial charge in [0, 0.05) is 26.2 Å². The minimum Gasteiger partial charge on any atom is -0.318 e. The van der Waals surface area contributed by atoms with E-state index in [1.54, 1.807) is 0 Å². The molecule has 0 bridgehead atoms. The Morgan fingerprint density at radius 1 is 0.949 bits per heavy atom. The fraction of sp³-hybridized carbons (Fsp3) is 0.152. The van der Waals surface area contributed by atoms with Crippen molar-refractivity contribution >= 4 is 45.7 Å².